The second kappa shape index (κ2) is 9.33. The van der Waals surface area contributed by atoms with Gasteiger partial charge in [-0.15, -0.1) is 0 Å². The quantitative estimate of drug-likeness (QED) is 0.700. The number of nitrogens with zero attached hydrogens (tertiary/aromatic N) is 1. The van der Waals surface area contributed by atoms with Gasteiger partial charge in [0, 0.05) is 12.6 Å². The highest BCUT2D eigenvalue weighted by Crippen LogP contribution is 2.17. The minimum Gasteiger partial charge on any atom is -0.444 e. The van der Waals surface area contributed by atoms with Crippen molar-refractivity contribution in [1.82, 2.24) is 10.2 Å². The van der Waals surface area contributed by atoms with Crippen molar-refractivity contribution in [2.45, 2.75) is 64.6 Å². The number of nitrogens with two attached hydrogens (primary N) is 1. The van der Waals surface area contributed by atoms with Crippen molar-refractivity contribution < 1.29 is 14.3 Å². The van der Waals surface area contributed by atoms with Crippen LogP contribution in [0, 0.1) is 0 Å². The molecule has 3 N–H and O–H groups in total. The van der Waals surface area contributed by atoms with Crippen molar-refractivity contribution in [2.24, 2.45) is 5.73 Å². The van der Waals surface area contributed by atoms with Gasteiger partial charge in [0.1, 0.15) is 5.60 Å². The molecule has 0 aromatic rings. The highest BCUT2D eigenvalue weighted by Gasteiger charge is 2.31. The standard InChI is InChI=1S/C16H33N3O3/c1-13(18-8-6-5-7-17)11-14-12-21-10-9-19(14)15(20)22-16(2,3)4/h13-14,18H,5-12,17H2,1-4H3. The van der Waals surface area contributed by atoms with E-state index < -0.39 is 5.60 Å². The van der Waals surface area contributed by atoms with Gasteiger partial charge >= 0.3 is 6.09 Å². The van der Waals surface area contributed by atoms with E-state index in [2.05, 4.69) is 12.2 Å². The predicted molar refractivity (Wildman–Crippen MR) is 87.9 cm³/mol. The molecule has 6 nitrogen and oxygen atoms in total. The van der Waals surface area contributed by atoms with Crippen molar-refractivity contribution in [3.63, 3.8) is 0 Å². The molecule has 1 amide bonds. The topological polar surface area (TPSA) is 76.8 Å². The molecule has 1 rings (SSSR count). The number of ether oxygens (including phenoxy) is 2. The van der Waals surface area contributed by atoms with Crippen LogP contribution in [0.15, 0.2) is 0 Å². The summed E-state index contributed by atoms with van der Waals surface area (Å²) in [6.07, 6.45) is 2.74. The van der Waals surface area contributed by atoms with Crippen LogP contribution in [-0.2, 0) is 9.47 Å². The lowest BCUT2D eigenvalue weighted by Crippen LogP contribution is -2.52. The maximum atomic E-state index is 12.3. The normalized spacial score (nSPS) is 20.8. The maximum Gasteiger partial charge on any atom is 0.410 e. The highest BCUT2D eigenvalue weighted by atomic mass is 16.6. The number of unbranched alkanes of at least 4 members (excludes halogenated alkanes) is 1. The van der Waals surface area contributed by atoms with Gasteiger partial charge in [0.2, 0.25) is 0 Å². The molecular weight excluding hydrogens is 282 g/mol. The van der Waals surface area contributed by atoms with Crippen LogP contribution in [-0.4, -0.2) is 61.5 Å². The Balaban J connectivity index is 2.45. The Hall–Kier alpha value is -0.850. The van der Waals surface area contributed by atoms with Gasteiger partial charge in [0.05, 0.1) is 19.3 Å². The number of hydrogen-bond acceptors (Lipinski definition) is 5. The van der Waals surface area contributed by atoms with Gasteiger partial charge in [0.25, 0.3) is 0 Å². The molecule has 2 unspecified atom stereocenters. The van der Waals surface area contributed by atoms with Gasteiger partial charge in [-0.1, -0.05) is 0 Å². The van der Waals surface area contributed by atoms with Gasteiger partial charge in [-0.25, -0.2) is 4.79 Å². The third kappa shape index (κ3) is 7.42. The second-order valence-corrected chi connectivity index (χ2v) is 6.99. The molecule has 0 aliphatic carbocycles. The highest BCUT2D eigenvalue weighted by molar-refractivity contribution is 5.68. The first-order valence-corrected chi connectivity index (χ1v) is 8.34. The van der Waals surface area contributed by atoms with Crippen LogP contribution in [0.5, 0.6) is 0 Å². The third-order valence-electron chi connectivity index (χ3n) is 3.60. The summed E-state index contributed by atoms with van der Waals surface area (Å²) in [7, 11) is 0. The maximum absolute atomic E-state index is 12.3. The Bertz CT molecular complexity index is 331. The fourth-order valence-corrected chi connectivity index (χ4v) is 2.52. The van der Waals surface area contributed by atoms with Gasteiger partial charge in [-0.3, -0.25) is 0 Å². The van der Waals surface area contributed by atoms with E-state index in [0.29, 0.717) is 25.8 Å². The summed E-state index contributed by atoms with van der Waals surface area (Å²) in [4.78, 5) is 14.1. The molecule has 0 aromatic heterocycles. The predicted octanol–water partition coefficient (Wildman–Crippen LogP) is 1.73. The van der Waals surface area contributed by atoms with Crippen molar-refractivity contribution in [3.05, 3.63) is 0 Å². The lowest BCUT2D eigenvalue weighted by molar-refractivity contribution is -0.0355. The molecule has 0 bridgehead atoms. The van der Waals surface area contributed by atoms with Crippen molar-refractivity contribution in [1.29, 1.82) is 0 Å². The number of nitrogens with one attached hydrogen (secondary N) is 1. The monoisotopic (exact) mass is 315 g/mol. The van der Waals surface area contributed by atoms with Crippen LogP contribution in [0.1, 0.15) is 47.0 Å². The Morgan fingerprint density at radius 1 is 1.45 bits per heavy atom. The molecule has 0 saturated carbocycles. The zero-order chi connectivity index (χ0) is 16.6. The van der Waals surface area contributed by atoms with Crippen molar-refractivity contribution in [3.8, 4) is 0 Å². The first kappa shape index (κ1) is 19.2. The summed E-state index contributed by atoms with van der Waals surface area (Å²) in [5, 5.41) is 3.48. The van der Waals surface area contributed by atoms with E-state index in [1.165, 1.54) is 0 Å². The Morgan fingerprint density at radius 2 is 2.18 bits per heavy atom. The number of rotatable bonds is 7. The van der Waals surface area contributed by atoms with Crippen LogP contribution in [0.3, 0.4) is 0 Å². The van der Waals surface area contributed by atoms with Crippen LogP contribution in [0.4, 0.5) is 4.79 Å². The minimum absolute atomic E-state index is 0.0700. The van der Waals surface area contributed by atoms with E-state index in [1.54, 1.807) is 0 Å². The van der Waals surface area contributed by atoms with Crippen LogP contribution in [0.25, 0.3) is 0 Å². The van der Waals surface area contributed by atoms with Crippen LogP contribution in [0.2, 0.25) is 0 Å². The number of hydrogen-bond donors (Lipinski definition) is 2. The molecule has 0 radical (unpaired) electrons. The number of carbonyl (C=O) groups excluding carboxylic acids is 1. The average Bonchev–Trinajstić information content (AvgIpc) is 2.42. The molecule has 2 atom stereocenters. The fraction of sp³-hybridized carbons (Fsp3) is 0.938. The van der Waals surface area contributed by atoms with E-state index in [4.69, 9.17) is 15.2 Å². The summed E-state index contributed by atoms with van der Waals surface area (Å²) < 4.78 is 11.0. The number of morpholine rings is 1. The average molecular weight is 315 g/mol. The molecule has 1 fully saturated rings. The van der Waals surface area contributed by atoms with Crippen LogP contribution < -0.4 is 11.1 Å². The van der Waals surface area contributed by atoms with Crippen LogP contribution >= 0.6 is 0 Å². The SMILES string of the molecule is CC(CC1COCCN1C(=O)OC(C)(C)C)NCCCCN. The summed E-state index contributed by atoms with van der Waals surface area (Å²) in [6, 6.07) is 0.398. The molecule has 22 heavy (non-hydrogen) atoms. The fourth-order valence-electron chi connectivity index (χ4n) is 2.52. The van der Waals surface area contributed by atoms with Crippen molar-refractivity contribution >= 4 is 6.09 Å². The summed E-state index contributed by atoms with van der Waals surface area (Å²) in [5.41, 5.74) is 5.03. The van der Waals surface area contributed by atoms with E-state index in [9.17, 15) is 4.79 Å². The lowest BCUT2D eigenvalue weighted by Gasteiger charge is -2.37. The van der Waals surface area contributed by atoms with E-state index in [0.717, 1.165) is 32.4 Å². The Kier molecular flexibility index (Phi) is 8.14. The lowest BCUT2D eigenvalue weighted by atomic mass is 10.1. The van der Waals surface area contributed by atoms with Gasteiger partial charge in [-0.05, 0) is 60.0 Å². The Labute approximate surface area is 134 Å². The summed E-state index contributed by atoms with van der Waals surface area (Å²) >= 11 is 0. The summed E-state index contributed by atoms with van der Waals surface area (Å²) in [6.45, 7) is 11.3. The van der Waals surface area contributed by atoms with E-state index in [-0.39, 0.29) is 12.1 Å². The van der Waals surface area contributed by atoms with E-state index >= 15 is 0 Å². The molecule has 0 spiro atoms. The molecule has 6 heteroatoms. The molecule has 130 valence electrons. The largest absolute Gasteiger partial charge is 0.444 e. The molecule has 1 aliphatic rings. The molecule has 1 heterocycles. The zero-order valence-electron chi connectivity index (χ0n) is 14.6. The number of carbonyl (C=O) groups is 1. The first-order chi connectivity index (χ1) is 10.3. The van der Waals surface area contributed by atoms with Crippen molar-refractivity contribution in [2.75, 3.05) is 32.8 Å². The number of amides is 1. The zero-order valence-corrected chi connectivity index (χ0v) is 14.6. The van der Waals surface area contributed by atoms with Gasteiger partial charge in [0.15, 0.2) is 0 Å². The second-order valence-electron chi connectivity index (χ2n) is 6.99. The van der Waals surface area contributed by atoms with E-state index in [1.807, 2.05) is 25.7 Å². The molecule has 1 aliphatic heterocycles. The third-order valence-corrected chi connectivity index (χ3v) is 3.60. The first-order valence-electron chi connectivity index (χ1n) is 8.34. The van der Waals surface area contributed by atoms with Gasteiger partial charge in [-0.2, -0.15) is 0 Å². The summed E-state index contributed by atoms with van der Waals surface area (Å²) in [5.74, 6) is 0. The van der Waals surface area contributed by atoms with Gasteiger partial charge < -0.3 is 25.4 Å². The molecule has 1 saturated heterocycles. The smallest absolute Gasteiger partial charge is 0.410 e. The molecule has 0 aromatic carbocycles. The minimum atomic E-state index is -0.466. The molecular formula is C16H33N3O3. The Morgan fingerprint density at radius 3 is 2.82 bits per heavy atom.